The Bertz CT molecular complexity index is 444. The van der Waals surface area contributed by atoms with Crippen LogP contribution in [0.4, 0.5) is 5.69 Å². The van der Waals surface area contributed by atoms with Crippen molar-refractivity contribution in [2.24, 2.45) is 0 Å². The summed E-state index contributed by atoms with van der Waals surface area (Å²) in [5.41, 5.74) is 2.09. The van der Waals surface area contributed by atoms with E-state index >= 15 is 0 Å². The average molecular weight is 278 g/mol. The second kappa shape index (κ2) is 7.29. The molecule has 0 bridgehead atoms. The first-order valence-corrected chi connectivity index (χ1v) is 6.94. The number of carbonyl (C=O) groups excluding carboxylic acids is 1. The van der Waals surface area contributed by atoms with Gasteiger partial charge in [0, 0.05) is 39.9 Å². The Balaban J connectivity index is 2.54. The van der Waals surface area contributed by atoms with E-state index < -0.39 is 0 Å². The minimum absolute atomic E-state index is 0.0743. The molecule has 0 aromatic heterocycles. The molecule has 4 heteroatoms. The first kappa shape index (κ1) is 16.5. The summed E-state index contributed by atoms with van der Waals surface area (Å²) in [6.07, 6.45) is 0.932. The lowest BCUT2D eigenvalue weighted by atomic mass is 10.1. The number of carbonyl (C=O) groups is 1. The summed E-state index contributed by atoms with van der Waals surface area (Å²) in [7, 11) is 3.54. The molecule has 0 aliphatic rings. The van der Waals surface area contributed by atoms with Crippen molar-refractivity contribution < 1.29 is 9.53 Å². The highest BCUT2D eigenvalue weighted by molar-refractivity contribution is 5.72. The molecule has 4 nitrogen and oxygen atoms in total. The highest BCUT2D eigenvalue weighted by atomic mass is 16.5. The fourth-order valence-corrected chi connectivity index (χ4v) is 1.77. The van der Waals surface area contributed by atoms with Crippen LogP contribution in [-0.2, 0) is 16.1 Å². The molecule has 112 valence electrons. The number of anilines is 1. The van der Waals surface area contributed by atoms with Crippen LogP contribution >= 0.6 is 0 Å². The zero-order valence-electron chi connectivity index (χ0n) is 13.2. The second-order valence-electron chi connectivity index (χ2n) is 5.72. The summed E-state index contributed by atoms with van der Waals surface area (Å²) < 4.78 is 5.39. The molecule has 0 saturated carbocycles. The van der Waals surface area contributed by atoms with Crippen LogP contribution in [0.5, 0.6) is 0 Å². The molecule has 0 fully saturated rings. The van der Waals surface area contributed by atoms with Gasteiger partial charge < -0.3 is 15.0 Å². The second-order valence-corrected chi connectivity index (χ2v) is 5.72. The number of benzene rings is 1. The van der Waals surface area contributed by atoms with Crippen LogP contribution in [0.25, 0.3) is 0 Å². The Kier molecular flexibility index (Phi) is 6.02. The van der Waals surface area contributed by atoms with Crippen molar-refractivity contribution in [3.8, 4) is 0 Å². The monoisotopic (exact) mass is 278 g/mol. The average Bonchev–Trinajstić information content (AvgIpc) is 2.39. The van der Waals surface area contributed by atoms with Crippen molar-refractivity contribution in [2.45, 2.75) is 39.3 Å². The first-order valence-electron chi connectivity index (χ1n) is 6.94. The lowest BCUT2D eigenvalue weighted by Crippen LogP contribution is -2.25. The summed E-state index contributed by atoms with van der Waals surface area (Å²) >= 11 is 0. The number of rotatable bonds is 7. The molecule has 1 N–H and O–H groups in total. The lowest BCUT2D eigenvalue weighted by Gasteiger charge is -2.23. The van der Waals surface area contributed by atoms with E-state index in [1.807, 2.05) is 25.2 Å². The Morgan fingerprint density at radius 2 is 2.10 bits per heavy atom. The molecule has 0 atom stereocenters. The number of methoxy groups -OCH3 is 1. The number of amides is 1. The van der Waals surface area contributed by atoms with Gasteiger partial charge in [0.2, 0.25) is 5.91 Å². The largest absolute Gasteiger partial charge is 0.385 e. The summed E-state index contributed by atoms with van der Waals surface area (Å²) in [6, 6.07) is 8.16. The van der Waals surface area contributed by atoms with Crippen LogP contribution in [0.15, 0.2) is 24.3 Å². The van der Waals surface area contributed by atoms with E-state index in [4.69, 9.17) is 4.74 Å². The standard InChI is InChI=1S/C16H26N2O2/c1-13(19)18(4)12-14-7-6-8-15(11-14)17-10-9-16(2,3)20-5/h6-8,11,17H,9-10,12H2,1-5H3. The van der Waals surface area contributed by atoms with Gasteiger partial charge in [0.05, 0.1) is 5.60 Å². The van der Waals surface area contributed by atoms with Gasteiger partial charge in [-0.1, -0.05) is 12.1 Å². The molecular weight excluding hydrogens is 252 g/mol. The first-order chi connectivity index (χ1) is 9.34. The maximum absolute atomic E-state index is 11.2. The quantitative estimate of drug-likeness (QED) is 0.834. The molecule has 0 radical (unpaired) electrons. The molecule has 1 aromatic carbocycles. The zero-order chi connectivity index (χ0) is 15.2. The highest BCUT2D eigenvalue weighted by Crippen LogP contribution is 2.15. The van der Waals surface area contributed by atoms with Crippen LogP contribution in [0, 0.1) is 0 Å². The molecule has 1 amide bonds. The number of hydrogen-bond donors (Lipinski definition) is 1. The van der Waals surface area contributed by atoms with Crippen molar-refractivity contribution in [1.29, 1.82) is 0 Å². The molecule has 0 saturated heterocycles. The van der Waals surface area contributed by atoms with Crippen molar-refractivity contribution in [1.82, 2.24) is 4.90 Å². The van der Waals surface area contributed by atoms with Gasteiger partial charge in [-0.05, 0) is 38.0 Å². The van der Waals surface area contributed by atoms with Gasteiger partial charge in [0.1, 0.15) is 0 Å². The van der Waals surface area contributed by atoms with E-state index in [2.05, 4.69) is 25.2 Å². The predicted molar refractivity (Wildman–Crippen MR) is 82.8 cm³/mol. The van der Waals surface area contributed by atoms with Crippen LogP contribution < -0.4 is 5.32 Å². The van der Waals surface area contributed by atoms with Gasteiger partial charge in [0.15, 0.2) is 0 Å². The molecule has 0 aliphatic heterocycles. The number of hydrogen-bond acceptors (Lipinski definition) is 3. The topological polar surface area (TPSA) is 41.6 Å². The number of nitrogens with zero attached hydrogens (tertiary/aromatic N) is 1. The minimum Gasteiger partial charge on any atom is -0.385 e. The number of nitrogens with one attached hydrogen (secondary N) is 1. The molecular formula is C16H26N2O2. The van der Waals surface area contributed by atoms with Gasteiger partial charge in [0.25, 0.3) is 0 Å². The molecule has 20 heavy (non-hydrogen) atoms. The van der Waals surface area contributed by atoms with Gasteiger partial charge in [-0.15, -0.1) is 0 Å². The van der Waals surface area contributed by atoms with E-state index in [0.717, 1.165) is 24.2 Å². The van der Waals surface area contributed by atoms with Gasteiger partial charge >= 0.3 is 0 Å². The van der Waals surface area contributed by atoms with Crippen molar-refractivity contribution >= 4 is 11.6 Å². The van der Waals surface area contributed by atoms with E-state index in [1.54, 1.807) is 18.9 Å². The Labute approximate surface area is 122 Å². The smallest absolute Gasteiger partial charge is 0.219 e. The van der Waals surface area contributed by atoms with Gasteiger partial charge in [-0.2, -0.15) is 0 Å². The fourth-order valence-electron chi connectivity index (χ4n) is 1.77. The molecule has 1 aromatic rings. The molecule has 0 unspecified atom stereocenters. The third-order valence-electron chi connectivity index (χ3n) is 3.49. The maximum Gasteiger partial charge on any atom is 0.219 e. The maximum atomic E-state index is 11.2. The van der Waals surface area contributed by atoms with Crippen LogP contribution in [0.1, 0.15) is 32.8 Å². The Hall–Kier alpha value is -1.55. The molecule has 0 heterocycles. The van der Waals surface area contributed by atoms with Crippen molar-refractivity contribution in [3.05, 3.63) is 29.8 Å². The predicted octanol–water partition coefficient (Wildman–Crippen LogP) is 2.89. The van der Waals surface area contributed by atoms with Crippen molar-refractivity contribution in [3.63, 3.8) is 0 Å². The summed E-state index contributed by atoms with van der Waals surface area (Å²) in [6.45, 7) is 7.22. The van der Waals surface area contributed by atoms with Crippen LogP contribution in [-0.4, -0.2) is 37.1 Å². The van der Waals surface area contributed by atoms with Gasteiger partial charge in [-0.3, -0.25) is 4.79 Å². The summed E-state index contributed by atoms with van der Waals surface area (Å²) in [5.74, 6) is 0.0743. The van der Waals surface area contributed by atoms with Crippen molar-refractivity contribution in [2.75, 3.05) is 26.0 Å². The summed E-state index contributed by atoms with van der Waals surface area (Å²) in [4.78, 5) is 12.9. The van der Waals surface area contributed by atoms with E-state index in [-0.39, 0.29) is 11.5 Å². The Morgan fingerprint density at radius 1 is 1.40 bits per heavy atom. The highest BCUT2D eigenvalue weighted by Gasteiger charge is 2.15. The van der Waals surface area contributed by atoms with E-state index in [9.17, 15) is 4.79 Å². The lowest BCUT2D eigenvalue weighted by molar-refractivity contribution is -0.128. The van der Waals surface area contributed by atoms with Crippen LogP contribution in [0.3, 0.4) is 0 Å². The summed E-state index contributed by atoms with van der Waals surface area (Å²) in [5, 5.41) is 3.39. The third kappa shape index (κ3) is 5.61. The number of ether oxygens (including phenoxy) is 1. The SMILES string of the molecule is COC(C)(C)CCNc1cccc(CN(C)C(C)=O)c1. The minimum atomic E-state index is -0.112. The normalized spacial score (nSPS) is 11.2. The van der Waals surface area contributed by atoms with Gasteiger partial charge in [-0.25, -0.2) is 0 Å². The zero-order valence-corrected chi connectivity index (χ0v) is 13.2. The van der Waals surface area contributed by atoms with Crippen LogP contribution in [0.2, 0.25) is 0 Å². The molecule has 0 spiro atoms. The third-order valence-corrected chi connectivity index (χ3v) is 3.49. The fraction of sp³-hybridized carbons (Fsp3) is 0.562. The molecule has 0 aliphatic carbocycles. The van der Waals surface area contributed by atoms with E-state index in [0.29, 0.717) is 6.54 Å². The van der Waals surface area contributed by atoms with E-state index in [1.165, 1.54) is 0 Å². The molecule has 1 rings (SSSR count). The Morgan fingerprint density at radius 3 is 2.70 bits per heavy atom.